The predicted molar refractivity (Wildman–Crippen MR) is 121 cm³/mol. The molecule has 3 aromatic heterocycles. The van der Waals surface area contributed by atoms with Gasteiger partial charge in [0.1, 0.15) is 11.6 Å². The molecule has 11 heteroatoms. The van der Waals surface area contributed by atoms with Crippen molar-refractivity contribution in [1.82, 2.24) is 19.9 Å². The van der Waals surface area contributed by atoms with Crippen molar-refractivity contribution < 1.29 is 18.7 Å². The van der Waals surface area contributed by atoms with Crippen molar-refractivity contribution in [3.63, 3.8) is 0 Å². The largest absolute Gasteiger partial charge is 0.383 e. The number of hydrogen-bond donors (Lipinski definition) is 2. The first-order valence-electron chi connectivity index (χ1n) is 10.0. The molecule has 0 fully saturated rings. The van der Waals surface area contributed by atoms with E-state index in [1.165, 1.54) is 29.4 Å². The Morgan fingerprint density at radius 2 is 2.00 bits per heavy atom. The second-order valence-electron chi connectivity index (χ2n) is 7.41. The third kappa shape index (κ3) is 4.83. The highest BCUT2D eigenvalue weighted by Crippen LogP contribution is 2.30. The van der Waals surface area contributed by atoms with Gasteiger partial charge in [0.05, 0.1) is 49.1 Å². The molecular weight excluding hydrogens is 495 g/mol. The van der Waals surface area contributed by atoms with Gasteiger partial charge in [-0.15, -0.1) is 0 Å². The van der Waals surface area contributed by atoms with E-state index in [4.69, 9.17) is 10.5 Å². The van der Waals surface area contributed by atoms with Gasteiger partial charge in [0, 0.05) is 28.0 Å². The zero-order valence-electron chi connectivity index (χ0n) is 17.6. The number of nitrogen functional groups attached to an aromatic ring is 1. The standard InChI is InChI=1S/C22H20BrFN6O3/c1-12(19-17(24)3-2-6-26-19)30(9-14-5-4-13(23)7-27-14)22(32)21(31)29-18-8-28-20(25)16-11-33-10-15(16)18/h2-8,12H,9-11H2,1H3,(H2,25,28)(H,29,31). The van der Waals surface area contributed by atoms with E-state index in [1.54, 1.807) is 25.3 Å². The number of hydrogen-bond acceptors (Lipinski definition) is 7. The van der Waals surface area contributed by atoms with E-state index in [0.717, 1.165) is 4.47 Å². The van der Waals surface area contributed by atoms with Crippen LogP contribution in [0.2, 0.25) is 0 Å². The Morgan fingerprint density at radius 1 is 1.21 bits per heavy atom. The Balaban J connectivity index is 1.62. The molecule has 1 aliphatic rings. The molecule has 33 heavy (non-hydrogen) atoms. The van der Waals surface area contributed by atoms with Crippen molar-refractivity contribution >= 4 is 39.2 Å². The minimum atomic E-state index is -0.907. The molecule has 4 rings (SSSR count). The van der Waals surface area contributed by atoms with Crippen LogP contribution in [0.1, 0.15) is 35.5 Å². The molecule has 1 unspecified atom stereocenters. The van der Waals surface area contributed by atoms with Crippen molar-refractivity contribution in [2.45, 2.75) is 32.7 Å². The zero-order chi connectivity index (χ0) is 23.5. The van der Waals surface area contributed by atoms with Crippen molar-refractivity contribution in [2.75, 3.05) is 11.1 Å². The van der Waals surface area contributed by atoms with E-state index in [0.29, 0.717) is 28.3 Å². The van der Waals surface area contributed by atoms with Crippen LogP contribution in [0.3, 0.4) is 0 Å². The van der Waals surface area contributed by atoms with Gasteiger partial charge in [0.25, 0.3) is 0 Å². The van der Waals surface area contributed by atoms with E-state index < -0.39 is 23.7 Å². The number of carbonyl (C=O) groups is 2. The van der Waals surface area contributed by atoms with Crippen LogP contribution in [0.15, 0.2) is 47.3 Å². The topological polar surface area (TPSA) is 123 Å². The molecular formula is C22H20BrFN6O3. The van der Waals surface area contributed by atoms with Crippen LogP contribution < -0.4 is 11.1 Å². The smallest absolute Gasteiger partial charge is 0.313 e. The number of aromatic nitrogens is 3. The summed E-state index contributed by atoms with van der Waals surface area (Å²) in [5, 5.41) is 2.60. The second kappa shape index (κ2) is 9.59. The van der Waals surface area contributed by atoms with Crippen LogP contribution in [-0.4, -0.2) is 31.7 Å². The molecule has 3 N–H and O–H groups in total. The van der Waals surface area contributed by atoms with E-state index in [1.807, 2.05) is 0 Å². The van der Waals surface area contributed by atoms with E-state index >= 15 is 0 Å². The number of nitrogens with two attached hydrogens (primary N) is 1. The van der Waals surface area contributed by atoms with Crippen LogP contribution in [0.5, 0.6) is 0 Å². The number of pyridine rings is 3. The van der Waals surface area contributed by atoms with Gasteiger partial charge in [-0.05, 0) is 47.1 Å². The van der Waals surface area contributed by atoms with Crippen LogP contribution in [-0.2, 0) is 34.1 Å². The normalized spacial score (nSPS) is 13.3. The minimum Gasteiger partial charge on any atom is -0.383 e. The first-order valence-corrected chi connectivity index (χ1v) is 10.8. The number of nitrogens with one attached hydrogen (secondary N) is 1. The molecule has 0 radical (unpaired) electrons. The Bertz CT molecular complexity index is 1210. The Hall–Kier alpha value is -3.44. The van der Waals surface area contributed by atoms with Crippen LogP contribution >= 0.6 is 15.9 Å². The SMILES string of the molecule is CC(c1ncccc1F)N(Cc1ccc(Br)cn1)C(=O)C(=O)Nc1cnc(N)c2c1COC2. The molecule has 0 bridgehead atoms. The summed E-state index contributed by atoms with van der Waals surface area (Å²) in [4.78, 5) is 39.8. The average Bonchev–Trinajstić information content (AvgIpc) is 3.31. The fourth-order valence-corrected chi connectivity index (χ4v) is 3.75. The monoisotopic (exact) mass is 514 g/mol. The molecule has 0 spiro atoms. The highest BCUT2D eigenvalue weighted by Gasteiger charge is 2.31. The molecule has 9 nitrogen and oxygen atoms in total. The van der Waals surface area contributed by atoms with Gasteiger partial charge in [-0.25, -0.2) is 9.37 Å². The van der Waals surface area contributed by atoms with E-state index in [-0.39, 0.29) is 25.5 Å². The van der Waals surface area contributed by atoms with Gasteiger partial charge in [-0.1, -0.05) is 0 Å². The number of amides is 2. The lowest BCUT2D eigenvalue weighted by Gasteiger charge is -2.28. The van der Waals surface area contributed by atoms with Gasteiger partial charge in [0.15, 0.2) is 0 Å². The average molecular weight is 515 g/mol. The van der Waals surface area contributed by atoms with Gasteiger partial charge >= 0.3 is 11.8 Å². The first-order chi connectivity index (χ1) is 15.8. The second-order valence-corrected chi connectivity index (χ2v) is 8.32. The highest BCUT2D eigenvalue weighted by molar-refractivity contribution is 9.10. The van der Waals surface area contributed by atoms with Gasteiger partial charge in [-0.2, -0.15) is 0 Å². The van der Waals surface area contributed by atoms with E-state index in [9.17, 15) is 14.0 Å². The summed E-state index contributed by atoms with van der Waals surface area (Å²) in [6, 6.07) is 5.34. The Kier molecular flexibility index (Phi) is 6.61. The molecule has 2 amide bonds. The zero-order valence-corrected chi connectivity index (χ0v) is 19.2. The third-order valence-corrected chi connectivity index (χ3v) is 5.77. The number of fused-ring (bicyclic) bond motifs is 1. The summed E-state index contributed by atoms with van der Waals surface area (Å²) < 4.78 is 20.6. The number of carbonyl (C=O) groups excluding carboxylic acids is 2. The summed E-state index contributed by atoms with van der Waals surface area (Å²) in [6.45, 7) is 2.10. The molecule has 0 aliphatic carbocycles. The number of ether oxygens (including phenoxy) is 1. The van der Waals surface area contributed by atoms with Crippen LogP contribution in [0.4, 0.5) is 15.9 Å². The maximum Gasteiger partial charge on any atom is 0.313 e. The fraction of sp³-hybridized carbons (Fsp3) is 0.227. The molecule has 0 aromatic carbocycles. The van der Waals surface area contributed by atoms with Crippen molar-refractivity contribution in [2.24, 2.45) is 0 Å². The molecule has 0 saturated carbocycles. The molecule has 4 heterocycles. The molecule has 170 valence electrons. The number of rotatable bonds is 5. The maximum atomic E-state index is 14.4. The quantitative estimate of drug-likeness (QED) is 0.501. The van der Waals surface area contributed by atoms with Crippen molar-refractivity contribution in [3.05, 3.63) is 75.7 Å². The summed E-state index contributed by atoms with van der Waals surface area (Å²) in [6.07, 6.45) is 4.39. The summed E-state index contributed by atoms with van der Waals surface area (Å²) in [5.74, 6) is -2.04. The molecule has 1 aliphatic heterocycles. The molecule has 1 atom stereocenters. The van der Waals surface area contributed by atoms with Crippen LogP contribution in [0.25, 0.3) is 0 Å². The fourth-order valence-electron chi connectivity index (χ4n) is 3.51. The molecule has 0 saturated heterocycles. The van der Waals surface area contributed by atoms with Crippen molar-refractivity contribution in [1.29, 1.82) is 0 Å². The third-order valence-electron chi connectivity index (χ3n) is 5.30. The Morgan fingerprint density at radius 3 is 2.73 bits per heavy atom. The summed E-state index contributed by atoms with van der Waals surface area (Å²) >= 11 is 3.31. The van der Waals surface area contributed by atoms with E-state index in [2.05, 4.69) is 36.2 Å². The number of nitrogens with zero attached hydrogens (tertiary/aromatic N) is 4. The first kappa shape index (κ1) is 22.7. The van der Waals surface area contributed by atoms with Gasteiger partial charge in [-0.3, -0.25) is 19.6 Å². The Labute approximate surface area is 197 Å². The van der Waals surface area contributed by atoms with Crippen molar-refractivity contribution in [3.8, 4) is 0 Å². The van der Waals surface area contributed by atoms with Crippen LogP contribution in [0, 0.1) is 5.82 Å². The number of anilines is 2. The minimum absolute atomic E-state index is 0.0298. The predicted octanol–water partition coefficient (Wildman–Crippen LogP) is 3.11. The van der Waals surface area contributed by atoms with Gasteiger partial charge < -0.3 is 20.7 Å². The molecule has 3 aromatic rings. The lowest BCUT2D eigenvalue weighted by atomic mass is 10.1. The summed E-state index contributed by atoms with van der Waals surface area (Å²) in [7, 11) is 0. The lowest BCUT2D eigenvalue weighted by Crippen LogP contribution is -2.41. The van der Waals surface area contributed by atoms with Gasteiger partial charge in [0.2, 0.25) is 0 Å². The maximum absolute atomic E-state index is 14.4. The lowest BCUT2D eigenvalue weighted by molar-refractivity contribution is -0.145. The summed E-state index contributed by atoms with van der Waals surface area (Å²) in [5.41, 5.74) is 8.12. The number of halogens is 2. The highest BCUT2D eigenvalue weighted by atomic mass is 79.9.